The zero-order chi connectivity index (χ0) is 36.7. The van der Waals surface area contributed by atoms with Crippen molar-refractivity contribution in [1.29, 1.82) is 0 Å². The minimum Gasteiger partial charge on any atom is -0.350 e. The Morgan fingerprint density at radius 3 is 1.98 bits per heavy atom. The summed E-state index contributed by atoms with van der Waals surface area (Å²) in [7, 11) is 0.574. The number of nitrogens with zero attached hydrogens (tertiary/aromatic N) is 3. The number of amides is 5. The maximum Gasteiger partial charge on any atom is 0.315 e. The first-order valence-corrected chi connectivity index (χ1v) is 18.4. The van der Waals surface area contributed by atoms with E-state index in [4.69, 9.17) is 0 Å². The van der Waals surface area contributed by atoms with Crippen LogP contribution in [0.1, 0.15) is 81.6 Å². The topological polar surface area (TPSA) is 177 Å². The van der Waals surface area contributed by atoms with Crippen molar-refractivity contribution in [3.8, 4) is 0 Å². The van der Waals surface area contributed by atoms with Gasteiger partial charge in [0, 0.05) is 46.8 Å². The van der Waals surface area contributed by atoms with E-state index >= 15 is 0 Å². The van der Waals surface area contributed by atoms with Gasteiger partial charge in [-0.15, -0.1) is 0 Å². The monoisotopic (exact) mass is 697 g/mol. The molecule has 1 aliphatic heterocycles. The Hall–Kier alpha value is -2.78. The Morgan fingerprint density at radius 2 is 1.50 bits per heavy atom. The molecular formula is C33H59N7O7S. The second-order valence-electron chi connectivity index (χ2n) is 16.8. The van der Waals surface area contributed by atoms with Crippen LogP contribution >= 0.6 is 0 Å². The number of carbonyl (C=O) groups is 5. The first-order chi connectivity index (χ1) is 21.8. The van der Waals surface area contributed by atoms with Gasteiger partial charge in [-0.05, 0) is 47.3 Å². The molecule has 1 unspecified atom stereocenters. The van der Waals surface area contributed by atoms with E-state index in [1.54, 1.807) is 6.92 Å². The molecule has 6 atom stereocenters. The number of likely N-dealkylation sites (N-methyl/N-ethyl adjacent to an activating group) is 2. The number of ketones is 1. The van der Waals surface area contributed by atoms with E-state index in [1.165, 1.54) is 30.3 Å². The molecule has 1 heterocycles. The minimum absolute atomic E-state index is 0.00456. The summed E-state index contributed by atoms with van der Waals surface area (Å²) in [6, 6.07) is -4.14. The summed E-state index contributed by atoms with van der Waals surface area (Å²) in [5, 5.41) is 11.1. The van der Waals surface area contributed by atoms with Crippen LogP contribution in [-0.2, 0) is 29.4 Å². The van der Waals surface area contributed by atoms with Crippen molar-refractivity contribution in [3.05, 3.63) is 0 Å². The fraction of sp³-hybridized carbons (Fsp3) is 0.848. The number of Topliss-reactive ketones (excluding diaryl/α,β-unsaturated/α-hetero) is 1. The Morgan fingerprint density at radius 1 is 0.917 bits per heavy atom. The summed E-state index contributed by atoms with van der Waals surface area (Å²) in [5.41, 5.74) is -1.50. The van der Waals surface area contributed by atoms with Crippen molar-refractivity contribution in [2.24, 2.45) is 34.0 Å². The average molecular weight is 698 g/mol. The quantitative estimate of drug-likeness (QED) is 0.198. The van der Waals surface area contributed by atoms with E-state index in [-0.39, 0.29) is 36.3 Å². The van der Waals surface area contributed by atoms with Gasteiger partial charge in [-0.25, -0.2) is 4.79 Å². The Labute approximate surface area is 287 Å². The molecule has 4 N–H and O–H groups in total. The number of rotatable bonds is 14. The first-order valence-electron chi connectivity index (χ1n) is 17.0. The highest BCUT2D eigenvalue weighted by atomic mass is 32.2. The Bertz CT molecular complexity index is 1360. The van der Waals surface area contributed by atoms with E-state index in [2.05, 4.69) is 35.1 Å². The zero-order valence-electron chi connectivity index (χ0n) is 30.9. The third kappa shape index (κ3) is 8.87. The lowest BCUT2D eigenvalue weighted by atomic mass is 9.85. The highest BCUT2D eigenvalue weighted by molar-refractivity contribution is 7.86. The summed E-state index contributed by atoms with van der Waals surface area (Å²) < 4.78 is 27.7. The number of piperidine rings is 1. The van der Waals surface area contributed by atoms with Gasteiger partial charge in [0.2, 0.25) is 17.6 Å². The molecule has 2 saturated carbocycles. The molecule has 274 valence electrons. The summed E-state index contributed by atoms with van der Waals surface area (Å²) in [6.07, 6.45) is 2.23. The standard InChI is InChI=1S/C33H59N7O7S/c1-13-34-28(43)25(41)21(16-19-14-15-19)35-27(42)24-23-20(33(23,8)9)17-40(24)29(44)26(32(5,6)7)37-30(45)36-22(31(2,3)4)18-39(12)48(46,47)38(10)11/h19-24,26H,13-18H2,1-12H3,(H,34,43)(H,35,42)(H2,36,37,45)/t20-,21?,22+,23-,24-,26+/m0/s1. The first kappa shape index (κ1) is 39.7. The number of hydrogen-bond donors (Lipinski definition) is 4. The van der Waals surface area contributed by atoms with Crippen LogP contribution in [0.4, 0.5) is 4.79 Å². The minimum atomic E-state index is -3.74. The van der Waals surface area contributed by atoms with E-state index in [0.29, 0.717) is 13.0 Å². The smallest absolute Gasteiger partial charge is 0.315 e. The van der Waals surface area contributed by atoms with Gasteiger partial charge in [0.1, 0.15) is 12.1 Å². The van der Waals surface area contributed by atoms with Crippen molar-refractivity contribution in [2.75, 3.05) is 40.8 Å². The summed E-state index contributed by atoms with van der Waals surface area (Å²) in [6.45, 7) is 17.5. The highest BCUT2D eigenvalue weighted by Crippen LogP contribution is 2.65. The van der Waals surface area contributed by atoms with Crippen LogP contribution < -0.4 is 21.3 Å². The van der Waals surface area contributed by atoms with E-state index < -0.39 is 74.7 Å². The number of hydrogen-bond acceptors (Lipinski definition) is 7. The molecule has 15 heteroatoms. The molecule has 1 saturated heterocycles. The van der Waals surface area contributed by atoms with Crippen LogP contribution in [0.25, 0.3) is 0 Å². The van der Waals surface area contributed by atoms with Crippen LogP contribution in [0.5, 0.6) is 0 Å². The lowest BCUT2D eigenvalue weighted by molar-refractivity contribution is -0.145. The van der Waals surface area contributed by atoms with E-state index in [0.717, 1.165) is 17.1 Å². The molecule has 0 bridgehead atoms. The molecule has 48 heavy (non-hydrogen) atoms. The molecule has 0 aromatic carbocycles. The van der Waals surface area contributed by atoms with Gasteiger partial charge in [-0.1, -0.05) is 68.2 Å². The number of urea groups is 1. The number of likely N-dealkylation sites (tertiary alicyclic amines) is 1. The number of carbonyl (C=O) groups excluding carboxylic acids is 5. The fourth-order valence-corrected chi connectivity index (χ4v) is 7.60. The fourth-order valence-electron chi connectivity index (χ4n) is 6.71. The maximum atomic E-state index is 14.4. The molecule has 5 amide bonds. The summed E-state index contributed by atoms with van der Waals surface area (Å²) in [5.74, 6) is -2.15. The largest absolute Gasteiger partial charge is 0.350 e. The van der Waals surface area contributed by atoms with E-state index in [9.17, 15) is 32.4 Å². The number of nitrogens with one attached hydrogen (secondary N) is 4. The molecule has 0 aromatic rings. The molecular weight excluding hydrogens is 638 g/mol. The molecule has 3 rings (SSSR count). The normalized spacial score (nSPS) is 24.0. The van der Waals surface area contributed by atoms with Crippen molar-refractivity contribution < 1.29 is 32.4 Å². The number of fused-ring (bicyclic) bond motifs is 1. The Kier molecular flexibility index (Phi) is 11.7. The lowest BCUT2D eigenvalue weighted by Crippen LogP contribution is -2.63. The van der Waals surface area contributed by atoms with Crippen molar-refractivity contribution in [1.82, 2.24) is 34.8 Å². The van der Waals surface area contributed by atoms with Gasteiger partial charge in [-0.3, -0.25) is 19.2 Å². The van der Waals surface area contributed by atoms with E-state index in [1.807, 2.05) is 41.5 Å². The van der Waals surface area contributed by atoms with Crippen LogP contribution in [-0.4, -0.2) is 116 Å². The van der Waals surface area contributed by atoms with Gasteiger partial charge in [0.05, 0.1) is 6.04 Å². The average Bonchev–Trinajstić information content (AvgIpc) is 3.80. The van der Waals surface area contributed by atoms with Crippen LogP contribution in [0.3, 0.4) is 0 Å². The lowest BCUT2D eigenvalue weighted by Gasteiger charge is -2.39. The SMILES string of the molecule is CCNC(=O)C(=O)C(CC1CC1)NC(=O)[C@@H]1[C@@H]2[C@H](CN1C(=O)[C@@H](NC(=O)N[C@H](CN(C)S(=O)(=O)N(C)C)C(C)(C)C)C(C)(C)C)C2(C)C. The molecule has 2 aliphatic carbocycles. The summed E-state index contributed by atoms with van der Waals surface area (Å²) in [4.78, 5) is 69.0. The zero-order valence-corrected chi connectivity index (χ0v) is 31.7. The van der Waals surface area contributed by atoms with Crippen molar-refractivity contribution >= 4 is 39.7 Å². The van der Waals surface area contributed by atoms with Crippen LogP contribution in [0, 0.1) is 34.0 Å². The maximum absolute atomic E-state index is 14.4. The molecule has 0 radical (unpaired) electrons. The van der Waals surface area contributed by atoms with Crippen molar-refractivity contribution in [2.45, 2.75) is 106 Å². The van der Waals surface area contributed by atoms with Crippen LogP contribution in [0.15, 0.2) is 0 Å². The third-order valence-electron chi connectivity index (χ3n) is 10.3. The molecule has 14 nitrogen and oxygen atoms in total. The van der Waals surface area contributed by atoms with Gasteiger partial charge in [-0.2, -0.15) is 17.0 Å². The van der Waals surface area contributed by atoms with Gasteiger partial charge in [0.25, 0.3) is 16.1 Å². The van der Waals surface area contributed by atoms with Gasteiger partial charge >= 0.3 is 6.03 Å². The van der Waals surface area contributed by atoms with Gasteiger partial charge < -0.3 is 26.2 Å². The van der Waals surface area contributed by atoms with Crippen LogP contribution in [0.2, 0.25) is 0 Å². The highest BCUT2D eigenvalue weighted by Gasteiger charge is 2.70. The molecule has 3 aliphatic rings. The molecule has 3 fully saturated rings. The predicted molar refractivity (Wildman–Crippen MR) is 183 cm³/mol. The van der Waals surface area contributed by atoms with Gasteiger partial charge in [0.15, 0.2) is 0 Å². The summed E-state index contributed by atoms with van der Waals surface area (Å²) >= 11 is 0. The molecule has 0 spiro atoms. The molecule has 0 aromatic heterocycles. The third-order valence-corrected chi connectivity index (χ3v) is 12.1. The predicted octanol–water partition coefficient (Wildman–Crippen LogP) is 1.33. The Balaban J connectivity index is 1.83. The second kappa shape index (κ2) is 14.2. The van der Waals surface area contributed by atoms with Crippen molar-refractivity contribution in [3.63, 3.8) is 0 Å². The second-order valence-corrected chi connectivity index (χ2v) is 19.0.